The van der Waals surface area contributed by atoms with Gasteiger partial charge in [-0.15, -0.1) is 11.8 Å². The Hall–Kier alpha value is -1.44. The highest BCUT2D eigenvalue weighted by Crippen LogP contribution is 2.33. The van der Waals surface area contributed by atoms with Gasteiger partial charge in [0.1, 0.15) is 0 Å². The SMILES string of the molecule is CSc1cccc(NC(=S)Nc2cc(C(F)(F)F)ccc2Cl)c1. The molecule has 23 heavy (non-hydrogen) atoms. The predicted octanol–water partition coefficient (Wildman–Crippen LogP) is 5.89. The molecule has 0 aliphatic heterocycles. The molecule has 2 N–H and O–H groups in total. The van der Waals surface area contributed by atoms with E-state index in [-0.39, 0.29) is 15.8 Å². The summed E-state index contributed by atoms with van der Waals surface area (Å²) in [6.07, 6.45) is -2.50. The van der Waals surface area contributed by atoms with E-state index >= 15 is 0 Å². The van der Waals surface area contributed by atoms with Crippen LogP contribution in [-0.2, 0) is 6.18 Å². The summed E-state index contributed by atoms with van der Waals surface area (Å²) >= 11 is 12.6. The van der Waals surface area contributed by atoms with E-state index in [9.17, 15) is 13.2 Å². The largest absolute Gasteiger partial charge is 0.416 e. The van der Waals surface area contributed by atoms with Gasteiger partial charge in [0.25, 0.3) is 0 Å². The molecule has 2 rings (SSSR count). The molecule has 0 radical (unpaired) electrons. The van der Waals surface area contributed by atoms with Crippen LogP contribution in [0.1, 0.15) is 5.56 Å². The summed E-state index contributed by atoms with van der Waals surface area (Å²) in [5.74, 6) is 0. The van der Waals surface area contributed by atoms with E-state index < -0.39 is 11.7 Å². The molecule has 0 amide bonds. The first-order valence-corrected chi connectivity index (χ1v) is 8.39. The van der Waals surface area contributed by atoms with Crippen LogP contribution < -0.4 is 10.6 Å². The molecule has 0 saturated carbocycles. The average molecular weight is 377 g/mol. The summed E-state index contributed by atoms with van der Waals surface area (Å²) in [6.45, 7) is 0. The van der Waals surface area contributed by atoms with Gasteiger partial charge in [0.15, 0.2) is 5.11 Å². The molecule has 122 valence electrons. The standard InChI is InChI=1S/C15H12ClF3N2S2/c1-23-11-4-2-3-10(8-11)20-14(22)21-13-7-9(15(17,18)19)5-6-12(13)16/h2-8H,1H3,(H2,20,21,22). The number of hydrogen-bond donors (Lipinski definition) is 2. The van der Waals surface area contributed by atoms with Gasteiger partial charge in [-0.2, -0.15) is 13.2 Å². The van der Waals surface area contributed by atoms with Crippen LogP contribution in [0.3, 0.4) is 0 Å². The Bertz CT molecular complexity index is 720. The molecule has 0 unspecified atom stereocenters. The van der Waals surface area contributed by atoms with Crippen molar-refractivity contribution in [3.05, 3.63) is 53.1 Å². The fourth-order valence-corrected chi connectivity index (χ4v) is 2.63. The van der Waals surface area contributed by atoms with Crippen molar-refractivity contribution in [1.29, 1.82) is 0 Å². The summed E-state index contributed by atoms with van der Waals surface area (Å²) in [7, 11) is 0. The summed E-state index contributed by atoms with van der Waals surface area (Å²) in [5.41, 5.74) is 0.0361. The lowest BCUT2D eigenvalue weighted by Gasteiger charge is -2.14. The van der Waals surface area contributed by atoms with Gasteiger partial charge in [-0.25, -0.2) is 0 Å². The Morgan fingerprint density at radius 1 is 1.13 bits per heavy atom. The number of rotatable bonds is 3. The third-order valence-corrected chi connectivity index (χ3v) is 4.13. The fourth-order valence-electron chi connectivity index (χ4n) is 1.78. The fraction of sp³-hybridized carbons (Fsp3) is 0.133. The highest BCUT2D eigenvalue weighted by molar-refractivity contribution is 7.98. The van der Waals surface area contributed by atoms with E-state index in [1.54, 1.807) is 17.8 Å². The lowest BCUT2D eigenvalue weighted by atomic mass is 10.2. The van der Waals surface area contributed by atoms with Crippen molar-refractivity contribution < 1.29 is 13.2 Å². The maximum atomic E-state index is 12.7. The molecule has 0 aliphatic carbocycles. The molecule has 2 aromatic carbocycles. The highest BCUT2D eigenvalue weighted by Gasteiger charge is 2.31. The molecular formula is C15H12ClF3N2S2. The van der Waals surface area contributed by atoms with Crippen molar-refractivity contribution in [2.45, 2.75) is 11.1 Å². The smallest absolute Gasteiger partial charge is 0.332 e. The van der Waals surface area contributed by atoms with E-state index in [0.29, 0.717) is 0 Å². The molecule has 2 nitrogen and oxygen atoms in total. The lowest BCUT2D eigenvalue weighted by molar-refractivity contribution is -0.137. The normalized spacial score (nSPS) is 11.2. The third-order valence-electron chi connectivity index (χ3n) is 2.87. The van der Waals surface area contributed by atoms with Gasteiger partial charge in [0.05, 0.1) is 16.3 Å². The van der Waals surface area contributed by atoms with E-state index in [2.05, 4.69) is 10.6 Å². The van der Waals surface area contributed by atoms with E-state index in [1.165, 1.54) is 6.07 Å². The molecular weight excluding hydrogens is 365 g/mol. The minimum Gasteiger partial charge on any atom is -0.332 e. The van der Waals surface area contributed by atoms with Crippen molar-refractivity contribution in [1.82, 2.24) is 0 Å². The number of anilines is 2. The lowest BCUT2D eigenvalue weighted by Crippen LogP contribution is -2.19. The van der Waals surface area contributed by atoms with Crippen LogP contribution in [-0.4, -0.2) is 11.4 Å². The van der Waals surface area contributed by atoms with Crippen molar-refractivity contribution in [2.24, 2.45) is 0 Å². The van der Waals surface area contributed by atoms with Crippen LogP contribution in [0.15, 0.2) is 47.4 Å². The maximum absolute atomic E-state index is 12.7. The number of alkyl halides is 3. The predicted molar refractivity (Wildman–Crippen MR) is 94.5 cm³/mol. The van der Waals surface area contributed by atoms with Gasteiger partial charge in [0, 0.05) is 10.6 Å². The van der Waals surface area contributed by atoms with Gasteiger partial charge >= 0.3 is 6.18 Å². The van der Waals surface area contributed by atoms with E-state index in [1.807, 2.05) is 24.5 Å². The number of benzene rings is 2. The zero-order valence-corrected chi connectivity index (χ0v) is 14.3. The molecule has 0 aliphatic rings. The molecule has 0 saturated heterocycles. The molecule has 0 atom stereocenters. The van der Waals surface area contributed by atoms with Crippen molar-refractivity contribution in [3.8, 4) is 0 Å². The highest BCUT2D eigenvalue weighted by atomic mass is 35.5. The Labute approximate surface area is 146 Å². The van der Waals surface area contributed by atoms with Gasteiger partial charge in [-0.3, -0.25) is 0 Å². The summed E-state index contributed by atoms with van der Waals surface area (Å²) in [4.78, 5) is 1.04. The van der Waals surface area contributed by atoms with E-state index in [4.69, 9.17) is 23.8 Å². The monoisotopic (exact) mass is 376 g/mol. The molecule has 0 fully saturated rings. The van der Waals surface area contributed by atoms with Crippen molar-refractivity contribution in [2.75, 3.05) is 16.9 Å². The minimum absolute atomic E-state index is 0.0972. The summed E-state index contributed by atoms with van der Waals surface area (Å²) < 4.78 is 38.2. The number of halogens is 4. The minimum atomic E-state index is -4.44. The molecule has 0 bridgehead atoms. The molecule has 8 heteroatoms. The van der Waals surface area contributed by atoms with Crippen LogP contribution in [0, 0.1) is 0 Å². The topological polar surface area (TPSA) is 24.1 Å². The number of hydrogen-bond acceptors (Lipinski definition) is 2. The quantitative estimate of drug-likeness (QED) is 0.515. The Morgan fingerprint density at radius 2 is 1.87 bits per heavy atom. The van der Waals surface area contributed by atoms with Gasteiger partial charge in [-0.05, 0) is 54.9 Å². The second kappa shape index (κ2) is 7.42. The first-order valence-electron chi connectivity index (χ1n) is 6.38. The summed E-state index contributed by atoms with van der Waals surface area (Å²) in [6, 6.07) is 10.5. The number of nitrogens with one attached hydrogen (secondary N) is 2. The van der Waals surface area contributed by atoms with Crippen LogP contribution >= 0.6 is 35.6 Å². The first-order chi connectivity index (χ1) is 10.8. The molecule has 0 aromatic heterocycles. The van der Waals surface area contributed by atoms with Crippen LogP contribution in [0.25, 0.3) is 0 Å². The van der Waals surface area contributed by atoms with Crippen molar-refractivity contribution >= 4 is 52.1 Å². The van der Waals surface area contributed by atoms with Gasteiger partial charge < -0.3 is 10.6 Å². The zero-order valence-electron chi connectivity index (χ0n) is 11.9. The van der Waals surface area contributed by atoms with Crippen LogP contribution in [0.5, 0.6) is 0 Å². The molecule has 2 aromatic rings. The van der Waals surface area contributed by atoms with Crippen LogP contribution in [0.2, 0.25) is 5.02 Å². The van der Waals surface area contributed by atoms with Gasteiger partial charge in [-0.1, -0.05) is 17.7 Å². The van der Waals surface area contributed by atoms with Crippen molar-refractivity contribution in [3.63, 3.8) is 0 Å². The Kier molecular flexibility index (Phi) is 5.78. The maximum Gasteiger partial charge on any atom is 0.416 e. The second-order valence-electron chi connectivity index (χ2n) is 4.50. The zero-order chi connectivity index (χ0) is 17.0. The Morgan fingerprint density at radius 3 is 2.52 bits per heavy atom. The van der Waals surface area contributed by atoms with E-state index in [0.717, 1.165) is 22.7 Å². The number of thioether (sulfide) groups is 1. The third kappa shape index (κ3) is 5.02. The molecule has 0 spiro atoms. The van der Waals surface area contributed by atoms with Gasteiger partial charge in [0.2, 0.25) is 0 Å². The molecule has 0 heterocycles. The summed E-state index contributed by atoms with van der Waals surface area (Å²) in [5, 5.41) is 5.92. The average Bonchev–Trinajstić information content (AvgIpc) is 2.48. The Balaban J connectivity index is 2.13. The van der Waals surface area contributed by atoms with Crippen LogP contribution in [0.4, 0.5) is 24.5 Å². The number of thiocarbonyl (C=S) groups is 1. The second-order valence-corrected chi connectivity index (χ2v) is 6.20. The first kappa shape index (κ1) is 17.9.